The highest BCUT2D eigenvalue weighted by atomic mass is 16.5. The zero-order chi connectivity index (χ0) is 13.2. The van der Waals surface area contributed by atoms with Crippen molar-refractivity contribution in [2.75, 3.05) is 13.2 Å². The molecule has 0 heterocycles. The van der Waals surface area contributed by atoms with Gasteiger partial charge in [-0.15, -0.1) is 0 Å². The Morgan fingerprint density at radius 2 is 2.28 bits per heavy atom. The second kappa shape index (κ2) is 8.19. The summed E-state index contributed by atoms with van der Waals surface area (Å²) in [6.07, 6.45) is 1.65. The van der Waals surface area contributed by atoms with Crippen LogP contribution in [0.1, 0.15) is 32.3 Å². The van der Waals surface area contributed by atoms with E-state index >= 15 is 0 Å². The average Bonchev–Trinajstić information content (AvgIpc) is 2.36. The van der Waals surface area contributed by atoms with Crippen LogP contribution in [0.15, 0.2) is 24.3 Å². The van der Waals surface area contributed by atoms with E-state index in [4.69, 9.17) is 4.74 Å². The van der Waals surface area contributed by atoms with E-state index in [0.29, 0.717) is 13.0 Å². The van der Waals surface area contributed by atoms with Crippen molar-refractivity contribution in [3.8, 4) is 17.6 Å². The number of hydrogen-bond acceptors (Lipinski definition) is 2. The van der Waals surface area contributed by atoms with Gasteiger partial charge in [-0.2, -0.15) is 0 Å². The maximum absolute atomic E-state index is 10.6. The normalized spacial score (nSPS) is 9.22. The second-order valence-corrected chi connectivity index (χ2v) is 3.91. The monoisotopic (exact) mass is 245 g/mol. The molecular formula is C15H19NO2. The fraction of sp³-hybridized carbons (Fsp3) is 0.400. The van der Waals surface area contributed by atoms with Gasteiger partial charge in [-0.3, -0.25) is 4.79 Å². The molecule has 96 valence electrons. The number of rotatable bonds is 5. The number of carbonyl (C=O) groups is 1. The topological polar surface area (TPSA) is 38.3 Å². The molecule has 0 aliphatic heterocycles. The highest BCUT2D eigenvalue weighted by Gasteiger charge is 1.93. The molecule has 0 unspecified atom stereocenters. The molecule has 1 rings (SSSR count). The van der Waals surface area contributed by atoms with Gasteiger partial charge in [0, 0.05) is 25.5 Å². The SMILES string of the molecule is CCCOc1cccc(C#CCCNC(C)=O)c1. The molecule has 0 fully saturated rings. The summed E-state index contributed by atoms with van der Waals surface area (Å²) in [7, 11) is 0. The summed E-state index contributed by atoms with van der Waals surface area (Å²) in [5.41, 5.74) is 0.937. The Morgan fingerprint density at radius 1 is 1.44 bits per heavy atom. The summed E-state index contributed by atoms with van der Waals surface area (Å²) in [5.74, 6) is 6.90. The number of hydrogen-bond donors (Lipinski definition) is 1. The Morgan fingerprint density at radius 3 is 3.00 bits per heavy atom. The zero-order valence-corrected chi connectivity index (χ0v) is 11.0. The van der Waals surface area contributed by atoms with Crippen LogP contribution in [0.25, 0.3) is 0 Å². The predicted octanol–water partition coefficient (Wildman–Crippen LogP) is 2.35. The maximum Gasteiger partial charge on any atom is 0.216 e. The van der Waals surface area contributed by atoms with Crippen LogP contribution in [0.5, 0.6) is 5.75 Å². The van der Waals surface area contributed by atoms with E-state index in [0.717, 1.165) is 24.3 Å². The molecule has 1 aromatic rings. The van der Waals surface area contributed by atoms with Gasteiger partial charge in [0.15, 0.2) is 0 Å². The van der Waals surface area contributed by atoms with Crippen LogP contribution in [0, 0.1) is 11.8 Å². The first-order valence-electron chi connectivity index (χ1n) is 6.18. The van der Waals surface area contributed by atoms with Gasteiger partial charge in [0.25, 0.3) is 0 Å². The van der Waals surface area contributed by atoms with Crippen LogP contribution >= 0.6 is 0 Å². The first kappa shape index (κ1) is 14.1. The minimum atomic E-state index is -0.0215. The molecule has 0 aromatic heterocycles. The molecular weight excluding hydrogens is 226 g/mol. The molecule has 0 atom stereocenters. The molecule has 3 heteroatoms. The van der Waals surface area contributed by atoms with Crippen molar-refractivity contribution in [3.63, 3.8) is 0 Å². The van der Waals surface area contributed by atoms with Crippen LogP contribution < -0.4 is 10.1 Å². The van der Waals surface area contributed by atoms with Crippen molar-refractivity contribution in [3.05, 3.63) is 29.8 Å². The Kier molecular flexibility index (Phi) is 6.42. The number of amides is 1. The van der Waals surface area contributed by atoms with E-state index in [1.165, 1.54) is 6.92 Å². The first-order chi connectivity index (χ1) is 8.72. The van der Waals surface area contributed by atoms with Crippen molar-refractivity contribution in [1.82, 2.24) is 5.32 Å². The molecule has 3 nitrogen and oxygen atoms in total. The lowest BCUT2D eigenvalue weighted by molar-refractivity contribution is -0.118. The van der Waals surface area contributed by atoms with Crippen molar-refractivity contribution in [1.29, 1.82) is 0 Å². The average molecular weight is 245 g/mol. The maximum atomic E-state index is 10.6. The van der Waals surface area contributed by atoms with Gasteiger partial charge in [-0.05, 0) is 24.6 Å². The molecule has 18 heavy (non-hydrogen) atoms. The molecule has 1 aromatic carbocycles. The largest absolute Gasteiger partial charge is 0.494 e. The molecule has 0 aliphatic carbocycles. The van der Waals surface area contributed by atoms with Crippen LogP contribution in [-0.2, 0) is 4.79 Å². The van der Waals surface area contributed by atoms with Crippen molar-refractivity contribution >= 4 is 5.91 Å². The summed E-state index contributed by atoms with van der Waals surface area (Å²) in [5, 5.41) is 2.70. The molecule has 1 amide bonds. The Hall–Kier alpha value is -1.95. The standard InChI is InChI=1S/C15H19NO2/c1-3-11-18-15-9-6-8-14(12-15)7-4-5-10-16-13(2)17/h6,8-9,12H,3,5,10-11H2,1-2H3,(H,16,17). The number of nitrogens with one attached hydrogen (secondary N) is 1. The minimum Gasteiger partial charge on any atom is -0.494 e. The highest BCUT2D eigenvalue weighted by Crippen LogP contribution is 2.12. The lowest BCUT2D eigenvalue weighted by atomic mass is 10.2. The van der Waals surface area contributed by atoms with E-state index < -0.39 is 0 Å². The number of ether oxygens (including phenoxy) is 1. The smallest absolute Gasteiger partial charge is 0.216 e. The third-order valence-corrected chi connectivity index (χ3v) is 2.16. The fourth-order valence-electron chi connectivity index (χ4n) is 1.35. The minimum absolute atomic E-state index is 0.0215. The lowest BCUT2D eigenvalue weighted by Crippen LogP contribution is -2.20. The zero-order valence-electron chi connectivity index (χ0n) is 11.0. The van der Waals surface area contributed by atoms with E-state index in [-0.39, 0.29) is 5.91 Å². The third kappa shape index (κ3) is 5.95. The van der Waals surface area contributed by atoms with E-state index in [9.17, 15) is 4.79 Å². The van der Waals surface area contributed by atoms with E-state index in [2.05, 4.69) is 24.1 Å². The fourth-order valence-corrected chi connectivity index (χ4v) is 1.35. The van der Waals surface area contributed by atoms with Gasteiger partial charge in [-0.1, -0.05) is 24.8 Å². The molecule has 0 aliphatic rings. The molecule has 1 N–H and O–H groups in total. The quantitative estimate of drug-likeness (QED) is 0.639. The molecule has 0 saturated heterocycles. The Balaban J connectivity index is 2.46. The van der Waals surface area contributed by atoms with Crippen molar-refractivity contribution < 1.29 is 9.53 Å². The van der Waals surface area contributed by atoms with Gasteiger partial charge in [0.05, 0.1) is 6.61 Å². The predicted molar refractivity (Wildman–Crippen MR) is 72.4 cm³/mol. The molecule has 0 radical (unpaired) electrons. The molecule has 0 bridgehead atoms. The van der Waals surface area contributed by atoms with Crippen LogP contribution in [0.3, 0.4) is 0 Å². The number of benzene rings is 1. The summed E-state index contributed by atoms with van der Waals surface area (Å²) in [6, 6.07) is 7.74. The molecule has 0 saturated carbocycles. The van der Waals surface area contributed by atoms with E-state index in [1.807, 2.05) is 24.3 Å². The molecule has 0 spiro atoms. The Labute approximate surface area is 109 Å². The van der Waals surface area contributed by atoms with Gasteiger partial charge >= 0.3 is 0 Å². The van der Waals surface area contributed by atoms with Gasteiger partial charge in [-0.25, -0.2) is 0 Å². The third-order valence-electron chi connectivity index (χ3n) is 2.16. The van der Waals surface area contributed by atoms with Crippen LogP contribution in [0.2, 0.25) is 0 Å². The highest BCUT2D eigenvalue weighted by molar-refractivity contribution is 5.72. The summed E-state index contributed by atoms with van der Waals surface area (Å²) in [6.45, 7) is 4.89. The summed E-state index contributed by atoms with van der Waals surface area (Å²) in [4.78, 5) is 10.6. The van der Waals surface area contributed by atoms with Crippen molar-refractivity contribution in [2.45, 2.75) is 26.7 Å². The number of carbonyl (C=O) groups excluding carboxylic acids is 1. The van der Waals surface area contributed by atoms with Crippen LogP contribution in [0.4, 0.5) is 0 Å². The van der Waals surface area contributed by atoms with E-state index in [1.54, 1.807) is 0 Å². The van der Waals surface area contributed by atoms with Gasteiger partial charge in [0.2, 0.25) is 5.91 Å². The summed E-state index contributed by atoms with van der Waals surface area (Å²) >= 11 is 0. The van der Waals surface area contributed by atoms with Gasteiger partial charge < -0.3 is 10.1 Å². The second-order valence-electron chi connectivity index (χ2n) is 3.91. The van der Waals surface area contributed by atoms with Crippen molar-refractivity contribution in [2.24, 2.45) is 0 Å². The Bertz CT molecular complexity index is 443. The lowest BCUT2D eigenvalue weighted by Gasteiger charge is -2.03. The summed E-state index contributed by atoms with van der Waals surface area (Å²) < 4.78 is 5.53. The first-order valence-corrected chi connectivity index (χ1v) is 6.18. The van der Waals surface area contributed by atoms with Gasteiger partial charge in [0.1, 0.15) is 5.75 Å². The van der Waals surface area contributed by atoms with Crippen LogP contribution in [-0.4, -0.2) is 19.1 Å².